The van der Waals surface area contributed by atoms with Gasteiger partial charge >= 0.3 is 6.18 Å². The van der Waals surface area contributed by atoms with Crippen LogP contribution in [0.25, 0.3) is 0 Å². The summed E-state index contributed by atoms with van der Waals surface area (Å²) in [6, 6.07) is 10.2. The van der Waals surface area contributed by atoms with Crippen LogP contribution in [-0.2, 0) is 17.3 Å². The van der Waals surface area contributed by atoms with E-state index < -0.39 is 11.7 Å². The number of morpholine rings is 1. The first-order valence-corrected chi connectivity index (χ1v) is 8.18. The predicted molar refractivity (Wildman–Crippen MR) is 87.8 cm³/mol. The average Bonchev–Trinajstić information content (AvgIpc) is 3.17. The van der Waals surface area contributed by atoms with Gasteiger partial charge in [-0.1, -0.05) is 12.1 Å². The molecule has 7 heteroatoms. The van der Waals surface area contributed by atoms with Gasteiger partial charge in [-0.25, -0.2) is 4.98 Å². The van der Waals surface area contributed by atoms with Crippen molar-refractivity contribution in [2.45, 2.75) is 30.7 Å². The van der Waals surface area contributed by atoms with Crippen LogP contribution < -0.4 is 10.6 Å². The van der Waals surface area contributed by atoms with Crippen molar-refractivity contribution in [1.29, 1.82) is 0 Å². The van der Waals surface area contributed by atoms with Crippen LogP contribution in [0.5, 0.6) is 0 Å². The van der Waals surface area contributed by atoms with Gasteiger partial charge in [0.05, 0.1) is 18.3 Å². The Bertz CT molecular complexity index is 736. The Kier molecular flexibility index (Phi) is 3.92. The van der Waals surface area contributed by atoms with Crippen molar-refractivity contribution in [2.24, 2.45) is 0 Å². The standard InChI is InChI=1S/C18H18F3N3O/c19-18(20,21)13-3-6-16(22-9-13)24-14-4-1-12(2-5-14)7-17-8-15(10-23-17)25-11-17/h1-6,9,15,23H,7-8,10-11H2,(H,22,24)/t15-,17-/m0/s1. The van der Waals surface area contributed by atoms with Gasteiger partial charge in [0, 0.05) is 24.0 Å². The molecule has 1 aromatic carbocycles. The molecule has 2 aliphatic heterocycles. The topological polar surface area (TPSA) is 46.2 Å². The first-order chi connectivity index (χ1) is 11.9. The van der Waals surface area contributed by atoms with Crippen LogP contribution in [0.3, 0.4) is 0 Å². The number of anilines is 2. The van der Waals surface area contributed by atoms with Gasteiger partial charge in [0.15, 0.2) is 0 Å². The van der Waals surface area contributed by atoms with Crippen molar-refractivity contribution < 1.29 is 17.9 Å². The van der Waals surface area contributed by atoms with Gasteiger partial charge in [-0.2, -0.15) is 13.2 Å². The number of nitrogens with one attached hydrogen (secondary N) is 2. The molecule has 132 valence electrons. The number of rotatable bonds is 4. The number of ether oxygens (including phenoxy) is 1. The van der Waals surface area contributed by atoms with E-state index >= 15 is 0 Å². The summed E-state index contributed by atoms with van der Waals surface area (Å²) in [7, 11) is 0. The average molecular weight is 349 g/mol. The van der Waals surface area contributed by atoms with Gasteiger partial charge in [0.1, 0.15) is 5.82 Å². The highest BCUT2D eigenvalue weighted by molar-refractivity contribution is 5.56. The maximum absolute atomic E-state index is 12.5. The molecule has 2 N–H and O–H groups in total. The molecule has 2 aliphatic rings. The fourth-order valence-electron chi connectivity index (χ4n) is 3.48. The maximum atomic E-state index is 12.5. The van der Waals surface area contributed by atoms with E-state index in [9.17, 15) is 13.2 Å². The second-order valence-corrected chi connectivity index (χ2v) is 6.73. The lowest BCUT2D eigenvalue weighted by molar-refractivity contribution is -0.137. The molecule has 0 saturated carbocycles. The summed E-state index contributed by atoms with van der Waals surface area (Å²) in [5, 5.41) is 6.56. The Balaban J connectivity index is 1.40. The number of hydrogen-bond donors (Lipinski definition) is 2. The quantitative estimate of drug-likeness (QED) is 0.887. The molecule has 25 heavy (non-hydrogen) atoms. The number of fused-ring (bicyclic) bond motifs is 2. The highest BCUT2D eigenvalue weighted by Gasteiger charge is 2.45. The second-order valence-electron chi connectivity index (χ2n) is 6.73. The van der Waals surface area contributed by atoms with Crippen LogP contribution in [0.4, 0.5) is 24.7 Å². The molecule has 4 nitrogen and oxygen atoms in total. The Morgan fingerprint density at radius 2 is 2.00 bits per heavy atom. The Labute approximate surface area is 143 Å². The van der Waals surface area contributed by atoms with E-state index in [0.29, 0.717) is 11.9 Å². The number of hydrogen-bond acceptors (Lipinski definition) is 4. The van der Waals surface area contributed by atoms with Crippen molar-refractivity contribution in [3.8, 4) is 0 Å². The first-order valence-electron chi connectivity index (χ1n) is 8.18. The molecule has 1 aromatic heterocycles. The lowest BCUT2D eigenvalue weighted by atomic mass is 9.91. The molecule has 2 atom stereocenters. The van der Waals surface area contributed by atoms with E-state index in [4.69, 9.17) is 4.74 Å². The minimum Gasteiger partial charge on any atom is -0.375 e. The lowest BCUT2D eigenvalue weighted by Crippen LogP contribution is -2.46. The predicted octanol–water partition coefficient (Wildman–Crippen LogP) is 3.52. The SMILES string of the molecule is FC(F)(F)c1ccc(Nc2ccc(C[C@]34CO[C@H](CN3)C4)cc2)nc1. The summed E-state index contributed by atoms with van der Waals surface area (Å²) in [4.78, 5) is 3.82. The normalized spacial score (nSPS) is 25.3. The molecular weight excluding hydrogens is 331 g/mol. The number of aromatic nitrogens is 1. The fraction of sp³-hybridized carbons (Fsp3) is 0.389. The van der Waals surface area contributed by atoms with Crippen LogP contribution in [0, 0.1) is 0 Å². The zero-order valence-corrected chi connectivity index (χ0v) is 13.4. The van der Waals surface area contributed by atoms with Crippen molar-refractivity contribution in [3.63, 3.8) is 0 Å². The van der Waals surface area contributed by atoms with Crippen molar-refractivity contribution in [3.05, 3.63) is 53.7 Å². The minimum atomic E-state index is -4.37. The van der Waals surface area contributed by atoms with Crippen LogP contribution in [0.15, 0.2) is 42.6 Å². The Morgan fingerprint density at radius 3 is 2.52 bits per heavy atom. The number of pyridine rings is 1. The molecule has 0 radical (unpaired) electrons. The van der Waals surface area contributed by atoms with Gasteiger partial charge in [-0.15, -0.1) is 0 Å². The molecule has 3 heterocycles. The van der Waals surface area contributed by atoms with E-state index in [1.165, 1.54) is 11.6 Å². The number of benzene rings is 1. The van der Waals surface area contributed by atoms with Crippen LogP contribution >= 0.6 is 0 Å². The third kappa shape index (κ3) is 3.48. The molecule has 2 aromatic rings. The number of halogens is 3. The van der Waals surface area contributed by atoms with Gasteiger partial charge in [-0.05, 0) is 42.7 Å². The highest BCUT2D eigenvalue weighted by atomic mass is 19.4. The molecular formula is C18H18F3N3O. The molecule has 2 bridgehead atoms. The Hall–Kier alpha value is -2.12. The first kappa shape index (κ1) is 16.4. The summed E-state index contributed by atoms with van der Waals surface area (Å²) < 4.78 is 43.3. The van der Waals surface area contributed by atoms with E-state index in [-0.39, 0.29) is 5.54 Å². The zero-order valence-electron chi connectivity index (χ0n) is 13.4. The Morgan fingerprint density at radius 1 is 1.20 bits per heavy atom. The largest absolute Gasteiger partial charge is 0.417 e. The van der Waals surface area contributed by atoms with Gasteiger partial charge < -0.3 is 15.4 Å². The van der Waals surface area contributed by atoms with Crippen LogP contribution in [-0.4, -0.2) is 29.8 Å². The summed E-state index contributed by atoms with van der Waals surface area (Å²) in [6.07, 6.45) is -1.25. The monoisotopic (exact) mass is 349 g/mol. The van der Waals surface area contributed by atoms with Crippen LogP contribution in [0.2, 0.25) is 0 Å². The summed E-state index contributed by atoms with van der Waals surface area (Å²) >= 11 is 0. The molecule has 0 aliphatic carbocycles. The molecule has 0 unspecified atom stereocenters. The number of alkyl halides is 3. The molecule has 0 amide bonds. The van der Waals surface area contributed by atoms with Crippen molar-refractivity contribution >= 4 is 11.5 Å². The van der Waals surface area contributed by atoms with Crippen LogP contribution in [0.1, 0.15) is 17.5 Å². The smallest absolute Gasteiger partial charge is 0.375 e. The zero-order chi connectivity index (χ0) is 17.5. The van der Waals surface area contributed by atoms with E-state index in [1.54, 1.807) is 0 Å². The third-order valence-electron chi connectivity index (χ3n) is 4.78. The molecule has 2 saturated heterocycles. The van der Waals surface area contributed by atoms with E-state index in [1.807, 2.05) is 24.3 Å². The molecule has 4 rings (SSSR count). The summed E-state index contributed by atoms with van der Waals surface area (Å²) in [6.45, 7) is 1.66. The fourth-order valence-corrected chi connectivity index (χ4v) is 3.48. The molecule has 0 spiro atoms. The third-order valence-corrected chi connectivity index (χ3v) is 4.78. The number of nitrogens with zero attached hydrogens (tertiary/aromatic N) is 1. The van der Waals surface area contributed by atoms with Gasteiger partial charge in [0.2, 0.25) is 0 Å². The highest BCUT2D eigenvalue weighted by Crippen LogP contribution is 2.33. The van der Waals surface area contributed by atoms with Crippen molar-refractivity contribution in [2.75, 3.05) is 18.5 Å². The second kappa shape index (κ2) is 6.00. The summed E-state index contributed by atoms with van der Waals surface area (Å²) in [5.41, 5.74) is 1.28. The van der Waals surface area contributed by atoms with E-state index in [0.717, 1.165) is 43.9 Å². The van der Waals surface area contributed by atoms with Gasteiger partial charge in [0.25, 0.3) is 0 Å². The minimum absolute atomic E-state index is 0.0502. The van der Waals surface area contributed by atoms with E-state index in [2.05, 4.69) is 15.6 Å². The van der Waals surface area contributed by atoms with Crippen molar-refractivity contribution in [1.82, 2.24) is 10.3 Å². The molecule has 2 fully saturated rings. The lowest BCUT2D eigenvalue weighted by Gasteiger charge is -2.27. The summed E-state index contributed by atoms with van der Waals surface area (Å²) in [5.74, 6) is 0.379. The van der Waals surface area contributed by atoms with Gasteiger partial charge in [-0.3, -0.25) is 0 Å². The maximum Gasteiger partial charge on any atom is 0.417 e.